The minimum Gasteiger partial charge on any atom is -0.357 e. The maximum atomic E-state index is 5.99. The number of nitrogens with zero attached hydrogens (tertiary/aromatic N) is 3. The molecule has 1 aromatic rings. The summed E-state index contributed by atoms with van der Waals surface area (Å²) in [6, 6.07) is 1.99. The van der Waals surface area contributed by atoms with Gasteiger partial charge in [-0.05, 0) is 19.4 Å². The molecule has 0 bridgehead atoms. The summed E-state index contributed by atoms with van der Waals surface area (Å²) in [5, 5.41) is 4.07. The van der Waals surface area contributed by atoms with Gasteiger partial charge in [-0.25, -0.2) is 0 Å². The SMILES string of the molecule is CCCN=C(NCC)N(C)Cc1cc(Cl)cn1C. The maximum absolute atomic E-state index is 5.99. The van der Waals surface area contributed by atoms with E-state index in [1.807, 2.05) is 30.9 Å². The van der Waals surface area contributed by atoms with E-state index in [2.05, 4.69) is 29.1 Å². The van der Waals surface area contributed by atoms with Crippen molar-refractivity contribution in [3.8, 4) is 0 Å². The molecule has 0 unspecified atom stereocenters. The van der Waals surface area contributed by atoms with Crippen molar-refractivity contribution in [2.45, 2.75) is 26.8 Å². The van der Waals surface area contributed by atoms with Crippen LogP contribution in [0.4, 0.5) is 0 Å². The lowest BCUT2D eigenvalue weighted by Crippen LogP contribution is -2.38. The van der Waals surface area contributed by atoms with Gasteiger partial charge in [-0.1, -0.05) is 18.5 Å². The Hall–Kier alpha value is -1.16. The van der Waals surface area contributed by atoms with Crippen LogP contribution in [0.1, 0.15) is 26.0 Å². The van der Waals surface area contributed by atoms with Crippen LogP contribution in [0.2, 0.25) is 5.02 Å². The zero-order chi connectivity index (χ0) is 13.5. The Morgan fingerprint density at radius 1 is 1.50 bits per heavy atom. The Bertz CT molecular complexity index is 398. The highest BCUT2D eigenvalue weighted by atomic mass is 35.5. The highest BCUT2D eigenvalue weighted by Gasteiger charge is 2.09. The van der Waals surface area contributed by atoms with Crippen LogP contribution in [0, 0.1) is 0 Å². The van der Waals surface area contributed by atoms with Crippen LogP contribution < -0.4 is 5.32 Å². The molecule has 5 heteroatoms. The fourth-order valence-electron chi connectivity index (χ4n) is 1.73. The molecule has 102 valence electrons. The van der Waals surface area contributed by atoms with Gasteiger partial charge in [-0.2, -0.15) is 0 Å². The molecule has 0 radical (unpaired) electrons. The van der Waals surface area contributed by atoms with Crippen molar-refractivity contribution < 1.29 is 0 Å². The van der Waals surface area contributed by atoms with Gasteiger partial charge < -0.3 is 14.8 Å². The normalized spacial score (nSPS) is 11.7. The molecule has 18 heavy (non-hydrogen) atoms. The van der Waals surface area contributed by atoms with Gasteiger partial charge in [0.2, 0.25) is 0 Å². The lowest BCUT2D eigenvalue weighted by molar-refractivity contribution is 0.462. The average molecular weight is 271 g/mol. The third-order valence-electron chi connectivity index (χ3n) is 2.66. The number of halogens is 1. The quantitative estimate of drug-likeness (QED) is 0.659. The molecule has 1 N–H and O–H groups in total. The van der Waals surface area contributed by atoms with Gasteiger partial charge in [0.25, 0.3) is 0 Å². The van der Waals surface area contributed by atoms with Crippen molar-refractivity contribution in [2.24, 2.45) is 12.0 Å². The number of aryl methyl sites for hydroxylation is 1. The van der Waals surface area contributed by atoms with E-state index < -0.39 is 0 Å². The number of nitrogens with one attached hydrogen (secondary N) is 1. The summed E-state index contributed by atoms with van der Waals surface area (Å²) in [6.45, 7) is 6.72. The van der Waals surface area contributed by atoms with Crippen LogP contribution in [0.3, 0.4) is 0 Å². The van der Waals surface area contributed by atoms with Crippen LogP contribution in [0.5, 0.6) is 0 Å². The highest BCUT2D eigenvalue weighted by molar-refractivity contribution is 6.30. The topological polar surface area (TPSA) is 32.6 Å². The molecule has 1 heterocycles. The van der Waals surface area contributed by atoms with E-state index in [-0.39, 0.29) is 0 Å². The Kier molecular flexibility index (Phi) is 6.05. The maximum Gasteiger partial charge on any atom is 0.194 e. The summed E-state index contributed by atoms with van der Waals surface area (Å²) in [4.78, 5) is 6.67. The lowest BCUT2D eigenvalue weighted by atomic mass is 10.4. The number of aliphatic imine (C=N–C) groups is 1. The third kappa shape index (κ3) is 4.26. The Balaban J connectivity index is 2.71. The summed E-state index contributed by atoms with van der Waals surface area (Å²) in [5.74, 6) is 0.941. The van der Waals surface area contributed by atoms with E-state index in [1.54, 1.807) is 0 Å². The number of aromatic nitrogens is 1. The molecule has 0 saturated heterocycles. The van der Waals surface area contributed by atoms with E-state index in [0.717, 1.165) is 37.0 Å². The number of hydrogen-bond acceptors (Lipinski definition) is 1. The minimum absolute atomic E-state index is 0.774. The van der Waals surface area contributed by atoms with Gasteiger partial charge in [0.1, 0.15) is 0 Å². The first-order valence-electron chi connectivity index (χ1n) is 6.38. The first-order chi connectivity index (χ1) is 8.58. The van der Waals surface area contributed by atoms with Gasteiger partial charge in [0.05, 0.1) is 11.6 Å². The zero-order valence-electron chi connectivity index (χ0n) is 11.7. The Morgan fingerprint density at radius 2 is 2.22 bits per heavy atom. The van der Waals surface area contributed by atoms with E-state index >= 15 is 0 Å². The number of hydrogen-bond donors (Lipinski definition) is 1. The fourth-order valence-corrected chi connectivity index (χ4v) is 2.00. The molecule has 4 nitrogen and oxygen atoms in total. The second kappa shape index (κ2) is 7.31. The standard InChI is InChI=1S/C13H23ClN4/c1-5-7-16-13(15-6-2)18(4)10-12-8-11(14)9-17(12)3/h8-9H,5-7,10H2,1-4H3,(H,15,16). The monoisotopic (exact) mass is 270 g/mol. The van der Waals surface area contributed by atoms with Crippen molar-refractivity contribution in [2.75, 3.05) is 20.1 Å². The average Bonchev–Trinajstić information content (AvgIpc) is 2.63. The molecule has 0 saturated carbocycles. The minimum atomic E-state index is 0.774. The van der Waals surface area contributed by atoms with Crippen molar-refractivity contribution >= 4 is 17.6 Å². The summed E-state index contributed by atoms with van der Waals surface area (Å²) in [7, 11) is 4.04. The smallest absolute Gasteiger partial charge is 0.194 e. The molecule has 1 rings (SSSR count). The molecular formula is C13H23ClN4. The third-order valence-corrected chi connectivity index (χ3v) is 2.86. The van der Waals surface area contributed by atoms with Crippen LogP contribution in [-0.4, -0.2) is 35.6 Å². The number of guanidine groups is 1. The summed E-state index contributed by atoms with van der Waals surface area (Å²) in [6.07, 6.45) is 2.97. The molecule has 0 aliphatic heterocycles. The largest absolute Gasteiger partial charge is 0.357 e. The molecular weight excluding hydrogens is 248 g/mol. The molecule has 0 aliphatic rings. The lowest BCUT2D eigenvalue weighted by Gasteiger charge is -2.22. The van der Waals surface area contributed by atoms with Gasteiger partial charge in [-0.15, -0.1) is 0 Å². The van der Waals surface area contributed by atoms with Gasteiger partial charge in [0.15, 0.2) is 5.96 Å². The highest BCUT2D eigenvalue weighted by Crippen LogP contribution is 2.14. The second-order valence-corrected chi connectivity index (χ2v) is 4.79. The van der Waals surface area contributed by atoms with Gasteiger partial charge >= 0.3 is 0 Å². The molecule has 0 fully saturated rings. The van der Waals surface area contributed by atoms with Crippen molar-refractivity contribution in [1.82, 2.24) is 14.8 Å². The van der Waals surface area contributed by atoms with E-state index in [4.69, 9.17) is 11.6 Å². The van der Waals surface area contributed by atoms with Crippen LogP contribution in [0.15, 0.2) is 17.3 Å². The summed E-state index contributed by atoms with van der Waals surface area (Å²) in [5.41, 5.74) is 1.17. The van der Waals surface area contributed by atoms with Crippen LogP contribution >= 0.6 is 11.6 Å². The first-order valence-corrected chi connectivity index (χ1v) is 6.76. The second-order valence-electron chi connectivity index (χ2n) is 4.35. The predicted octanol–water partition coefficient (Wildman–Crippen LogP) is 2.49. The van der Waals surface area contributed by atoms with E-state index in [1.165, 1.54) is 5.69 Å². The molecule has 0 aromatic carbocycles. The van der Waals surface area contributed by atoms with Crippen molar-refractivity contribution in [3.63, 3.8) is 0 Å². The first kappa shape index (κ1) is 14.9. The van der Waals surface area contributed by atoms with Crippen LogP contribution in [0.25, 0.3) is 0 Å². The molecule has 0 amide bonds. The number of rotatable bonds is 5. The molecule has 0 atom stereocenters. The summed E-state index contributed by atoms with van der Waals surface area (Å²) >= 11 is 5.99. The van der Waals surface area contributed by atoms with Crippen molar-refractivity contribution in [1.29, 1.82) is 0 Å². The van der Waals surface area contributed by atoms with Gasteiger partial charge in [-0.3, -0.25) is 4.99 Å². The Morgan fingerprint density at radius 3 is 2.72 bits per heavy atom. The summed E-state index contributed by atoms with van der Waals surface area (Å²) < 4.78 is 2.04. The Labute approximate surface area is 115 Å². The van der Waals surface area contributed by atoms with Crippen LogP contribution in [-0.2, 0) is 13.6 Å². The molecule has 1 aromatic heterocycles. The predicted molar refractivity (Wildman–Crippen MR) is 78.2 cm³/mol. The fraction of sp³-hybridized carbons (Fsp3) is 0.615. The van der Waals surface area contributed by atoms with Gasteiger partial charge in [0, 0.05) is 39.1 Å². The van der Waals surface area contributed by atoms with E-state index in [0.29, 0.717) is 0 Å². The molecule has 0 spiro atoms. The molecule has 0 aliphatic carbocycles. The van der Waals surface area contributed by atoms with Crippen molar-refractivity contribution in [3.05, 3.63) is 23.0 Å². The van der Waals surface area contributed by atoms with E-state index in [9.17, 15) is 0 Å². The zero-order valence-corrected chi connectivity index (χ0v) is 12.5.